The van der Waals surface area contributed by atoms with Gasteiger partial charge in [0.05, 0.1) is 11.1 Å². The maximum atomic E-state index is 13.1. The Hall–Kier alpha value is -2.56. The number of likely N-dealkylation sites (tertiary alicyclic amines) is 1. The lowest BCUT2D eigenvalue weighted by Gasteiger charge is -2.39. The van der Waals surface area contributed by atoms with E-state index in [4.69, 9.17) is 0 Å². The van der Waals surface area contributed by atoms with E-state index < -0.39 is 35.1 Å². The van der Waals surface area contributed by atoms with E-state index in [0.717, 1.165) is 36.0 Å². The van der Waals surface area contributed by atoms with Crippen LogP contribution in [0.4, 0.5) is 26.3 Å². The first-order valence-electron chi connectivity index (χ1n) is 9.64. The van der Waals surface area contributed by atoms with Crippen LogP contribution in [0, 0.1) is 5.92 Å². The van der Waals surface area contributed by atoms with Gasteiger partial charge in [-0.15, -0.1) is 0 Å². The lowest BCUT2D eigenvalue weighted by atomic mass is 9.84. The topological polar surface area (TPSA) is 50.2 Å². The maximum absolute atomic E-state index is 13.1. The zero-order valence-corrected chi connectivity index (χ0v) is 16.9. The third-order valence-corrected chi connectivity index (χ3v) is 5.45. The van der Waals surface area contributed by atoms with Gasteiger partial charge in [-0.25, -0.2) is 0 Å². The fourth-order valence-corrected chi connectivity index (χ4v) is 4.05. The Labute approximate surface area is 175 Å². The first-order chi connectivity index (χ1) is 14.4. The van der Waals surface area contributed by atoms with Crippen molar-refractivity contribution >= 4 is 5.91 Å². The number of halogens is 6. The van der Waals surface area contributed by atoms with Crippen LogP contribution >= 0.6 is 0 Å². The maximum Gasteiger partial charge on any atom is 0.435 e. The number of hydrogen-bond acceptors (Lipinski definition) is 3. The first kappa shape index (κ1) is 23.1. The Bertz CT molecular complexity index is 919. The van der Waals surface area contributed by atoms with Crippen molar-refractivity contribution in [3.63, 3.8) is 0 Å². The molecule has 2 heterocycles. The number of hydrogen-bond donors (Lipinski definition) is 1. The molecule has 1 aromatic carbocycles. The third-order valence-electron chi connectivity index (χ3n) is 5.45. The molecular formula is C20H22F6N4O. The molecule has 0 spiro atoms. The highest BCUT2D eigenvalue weighted by Crippen LogP contribution is 2.37. The molecule has 31 heavy (non-hydrogen) atoms. The molecule has 1 aromatic heterocycles. The summed E-state index contributed by atoms with van der Waals surface area (Å²) in [4.78, 5) is 14.4. The molecule has 0 bridgehead atoms. The van der Waals surface area contributed by atoms with Crippen LogP contribution in [0.1, 0.15) is 46.1 Å². The summed E-state index contributed by atoms with van der Waals surface area (Å²) in [6.07, 6.45) is -6.71. The Balaban J connectivity index is 1.76. The van der Waals surface area contributed by atoms with Crippen LogP contribution in [-0.2, 0) is 19.4 Å². The summed E-state index contributed by atoms with van der Waals surface area (Å²) in [6, 6.07) is 4.57. The number of aryl methyl sites for hydroxylation is 1. The summed E-state index contributed by atoms with van der Waals surface area (Å²) in [5.41, 5.74) is -1.92. The van der Waals surface area contributed by atoms with Crippen LogP contribution in [-0.4, -0.2) is 40.7 Å². The highest BCUT2D eigenvalue weighted by Gasteiger charge is 2.39. The number of carbonyl (C=O) groups excluding carboxylic acids is 1. The van der Waals surface area contributed by atoms with E-state index in [0.29, 0.717) is 12.0 Å². The highest BCUT2D eigenvalue weighted by molar-refractivity contribution is 5.95. The van der Waals surface area contributed by atoms with Gasteiger partial charge >= 0.3 is 12.4 Å². The summed E-state index contributed by atoms with van der Waals surface area (Å²) in [5.74, 6) is -1.06. The Morgan fingerprint density at radius 3 is 2.32 bits per heavy atom. The lowest BCUT2D eigenvalue weighted by Crippen LogP contribution is -2.42. The molecule has 1 amide bonds. The molecule has 1 saturated heterocycles. The van der Waals surface area contributed by atoms with E-state index in [1.165, 1.54) is 19.2 Å². The number of carbonyl (C=O) groups is 1. The zero-order chi connectivity index (χ0) is 23.0. The molecule has 2 aromatic rings. The predicted octanol–water partition coefficient (Wildman–Crippen LogP) is 4.27. The molecule has 1 aliphatic heterocycles. The van der Waals surface area contributed by atoms with E-state index in [1.807, 2.05) is 11.9 Å². The molecule has 5 nitrogen and oxygen atoms in total. The predicted molar refractivity (Wildman–Crippen MR) is 100 cm³/mol. The van der Waals surface area contributed by atoms with Gasteiger partial charge in [0.2, 0.25) is 0 Å². The largest absolute Gasteiger partial charge is 0.435 e. The van der Waals surface area contributed by atoms with Crippen LogP contribution < -0.4 is 5.32 Å². The summed E-state index contributed by atoms with van der Waals surface area (Å²) in [5, 5.41) is 5.88. The van der Waals surface area contributed by atoms with Gasteiger partial charge in [0.15, 0.2) is 5.69 Å². The van der Waals surface area contributed by atoms with Crippen molar-refractivity contribution in [3.8, 4) is 0 Å². The first-order valence-corrected chi connectivity index (χ1v) is 9.64. The van der Waals surface area contributed by atoms with E-state index >= 15 is 0 Å². The van der Waals surface area contributed by atoms with E-state index in [9.17, 15) is 31.1 Å². The summed E-state index contributed by atoms with van der Waals surface area (Å²) in [6.45, 7) is 0.804. The quantitative estimate of drug-likeness (QED) is 0.711. The van der Waals surface area contributed by atoms with E-state index in [-0.39, 0.29) is 18.5 Å². The van der Waals surface area contributed by atoms with Crippen LogP contribution in [0.2, 0.25) is 0 Å². The second-order valence-electron chi connectivity index (χ2n) is 7.72. The minimum absolute atomic E-state index is 0.0844. The fourth-order valence-electron chi connectivity index (χ4n) is 4.05. The van der Waals surface area contributed by atoms with Crippen molar-refractivity contribution in [2.45, 2.75) is 31.2 Å². The average molecular weight is 448 g/mol. The molecule has 3 rings (SSSR count). The van der Waals surface area contributed by atoms with Crippen molar-refractivity contribution in [1.82, 2.24) is 20.0 Å². The molecule has 2 unspecified atom stereocenters. The van der Waals surface area contributed by atoms with Crippen molar-refractivity contribution < 1.29 is 31.1 Å². The monoisotopic (exact) mass is 448 g/mol. The molecule has 1 fully saturated rings. The van der Waals surface area contributed by atoms with Crippen molar-refractivity contribution in [1.29, 1.82) is 0 Å². The molecular weight excluding hydrogens is 426 g/mol. The lowest BCUT2D eigenvalue weighted by molar-refractivity contribution is -0.141. The van der Waals surface area contributed by atoms with Gasteiger partial charge in [0.1, 0.15) is 0 Å². The standard InChI is InChI=1S/C20H22F6N4O/c1-29-9-3-4-13(16(29)12-5-7-14(8-6-12)19(21,22)23)10-27-18(31)15-11-30(2)28-17(15)20(24,25)26/h5-8,11,13,16H,3-4,9-10H2,1-2H3,(H,27,31). The minimum Gasteiger partial charge on any atom is -0.352 e. The van der Waals surface area contributed by atoms with E-state index in [2.05, 4.69) is 10.4 Å². The number of piperidine rings is 1. The summed E-state index contributed by atoms with van der Waals surface area (Å²) >= 11 is 0. The second kappa shape index (κ2) is 8.52. The van der Waals surface area contributed by atoms with Crippen LogP contribution in [0.3, 0.4) is 0 Å². The molecule has 1 aliphatic rings. The Morgan fingerprint density at radius 1 is 1.10 bits per heavy atom. The molecule has 11 heteroatoms. The number of benzene rings is 1. The van der Waals surface area contributed by atoms with Gasteiger partial charge in [-0.2, -0.15) is 31.4 Å². The van der Waals surface area contributed by atoms with Crippen molar-refractivity contribution in [2.24, 2.45) is 13.0 Å². The minimum atomic E-state index is -4.76. The van der Waals surface area contributed by atoms with Gasteiger partial charge in [-0.1, -0.05) is 12.1 Å². The summed E-state index contributed by atoms with van der Waals surface area (Å²) < 4.78 is 78.9. The number of nitrogens with one attached hydrogen (secondary N) is 1. The number of nitrogens with zero attached hydrogens (tertiary/aromatic N) is 3. The number of aromatic nitrogens is 2. The van der Waals surface area contributed by atoms with Crippen LogP contribution in [0.25, 0.3) is 0 Å². The van der Waals surface area contributed by atoms with Gasteiger partial charge in [-0.05, 0) is 50.0 Å². The van der Waals surface area contributed by atoms with Crippen LogP contribution in [0.15, 0.2) is 30.5 Å². The number of rotatable bonds is 4. The third kappa shape index (κ3) is 5.20. The van der Waals surface area contributed by atoms with Gasteiger partial charge < -0.3 is 5.32 Å². The summed E-state index contributed by atoms with van der Waals surface area (Å²) in [7, 11) is 3.13. The molecule has 170 valence electrons. The molecule has 0 aliphatic carbocycles. The second-order valence-corrected chi connectivity index (χ2v) is 7.72. The smallest absolute Gasteiger partial charge is 0.352 e. The molecule has 0 radical (unpaired) electrons. The van der Waals surface area contributed by atoms with Crippen molar-refractivity contribution in [3.05, 3.63) is 52.8 Å². The van der Waals surface area contributed by atoms with E-state index in [1.54, 1.807) is 0 Å². The molecule has 2 atom stereocenters. The Morgan fingerprint density at radius 2 is 1.74 bits per heavy atom. The fraction of sp³-hybridized carbons (Fsp3) is 0.500. The van der Waals surface area contributed by atoms with Gasteiger partial charge in [0, 0.05) is 25.8 Å². The van der Waals surface area contributed by atoms with Gasteiger partial charge in [0.25, 0.3) is 5.91 Å². The average Bonchev–Trinajstić information content (AvgIpc) is 3.08. The number of alkyl halides is 6. The highest BCUT2D eigenvalue weighted by atomic mass is 19.4. The normalized spacial score (nSPS) is 20.6. The number of amides is 1. The molecule has 1 N–H and O–H groups in total. The Kier molecular flexibility index (Phi) is 6.35. The van der Waals surface area contributed by atoms with Gasteiger partial charge in [-0.3, -0.25) is 14.4 Å². The SMILES string of the molecule is CN1CCCC(CNC(=O)c2cn(C)nc2C(F)(F)F)C1c1ccc(C(F)(F)F)cc1. The molecule has 0 saturated carbocycles. The van der Waals surface area contributed by atoms with Crippen molar-refractivity contribution in [2.75, 3.05) is 20.1 Å². The zero-order valence-electron chi connectivity index (χ0n) is 16.9. The van der Waals surface area contributed by atoms with Crippen LogP contribution in [0.5, 0.6) is 0 Å².